The van der Waals surface area contributed by atoms with Crippen molar-refractivity contribution in [3.8, 4) is 0 Å². The van der Waals surface area contributed by atoms with E-state index in [1.807, 2.05) is 31.2 Å². The molecular formula is C15H22ClNO3S. The Morgan fingerprint density at radius 2 is 1.95 bits per heavy atom. The second-order valence-corrected chi connectivity index (χ2v) is 5.82. The maximum Gasteiger partial charge on any atom is 0.316 e. The van der Waals surface area contributed by atoms with E-state index in [1.165, 1.54) is 17.3 Å². The van der Waals surface area contributed by atoms with Crippen LogP contribution in [-0.4, -0.2) is 56.1 Å². The zero-order valence-electron chi connectivity index (χ0n) is 12.2. The Bertz CT molecular complexity index is 421. The van der Waals surface area contributed by atoms with Crippen molar-refractivity contribution in [2.75, 3.05) is 45.2 Å². The highest BCUT2D eigenvalue weighted by Gasteiger charge is 2.11. The van der Waals surface area contributed by atoms with Gasteiger partial charge >= 0.3 is 5.97 Å². The molecule has 1 fully saturated rings. The minimum absolute atomic E-state index is 0. The van der Waals surface area contributed by atoms with E-state index in [0.717, 1.165) is 37.7 Å². The molecule has 0 amide bonds. The number of carbonyl (C=O) groups is 1. The summed E-state index contributed by atoms with van der Waals surface area (Å²) in [5, 5.41) is 0. The number of nitrogens with zero attached hydrogens (tertiary/aromatic N) is 1. The van der Waals surface area contributed by atoms with Crippen molar-refractivity contribution in [2.24, 2.45) is 0 Å². The zero-order valence-corrected chi connectivity index (χ0v) is 13.9. The number of thioether (sulfide) groups is 1. The molecule has 1 aliphatic heterocycles. The fourth-order valence-electron chi connectivity index (χ4n) is 1.93. The van der Waals surface area contributed by atoms with Crippen LogP contribution in [0.1, 0.15) is 5.56 Å². The van der Waals surface area contributed by atoms with Crippen molar-refractivity contribution in [1.29, 1.82) is 0 Å². The van der Waals surface area contributed by atoms with Gasteiger partial charge in [-0.15, -0.1) is 24.2 Å². The van der Waals surface area contributed by atoms with E-state index in [0.29, 0.717) is 12.4 Å². The van der Waals surface area contributed by atoms with Gasteiger partial charge < -0.3 is 9.47 Å². The number of hydrogen-bond donors (Lipinski definition) is 0. The first-order valence-electron chi connectivity index (χ1n) is 6.89. The Morgan fingerprint density at radius 3 is 2.62 bits per heavy atom. The highest BCUT2D eigenvalue weighted by Crippen LogP contribution is 2.18. The van der Waals surface area contributed by atoms with E-state index in [9.17, 15) is 4.79 Å². The van der Waals surface area contributed by atoms with Crippen molar-refractivity contribution < 1.29 is 14.3 Å². The van der Waals surface area contributed by atoms with Crippen LogP contribution >= 0.6 is 24.2 Å². The Kier molecular flexibility index (Phi) is 8.76. The highest BCUT2D eigenvalue weighted by molar-refractivity contribution is 8.00. The summed E-state index contributed by atoms with van der Waals surface area (Å²) in [5.41, 5.74) is 1.22. The second kappa shape index (κ2) is 10.1. The molecule has 0 unspecified atom stereocenters. The van der Waals surface area contributed by atoms with Crippen molar-refractivity contribution >= 4 is 30.1 Å². The first-order valence-corrected chi connectivity index (χ1v) is 7.88. The molecule has 0 bridgehead atoms. The lowest BCUT2D eigenvalue weighted by atomic mass is 10.2. The number of ether oxygens (including phenoxy) is 2. The molecule has 1 aliphatic rings. The van der Waals surface area contributed by atoms with Crippen LogP contribution in [0.4, 0.5) is 0 Å². The molecule has 1 aromatic rings. The molecule has 21 heavy (non-hydrogen) atoms. The number of rotatable bonds is 6. The number of carbonyl (C=O) groups excluding carboxylic acids is 1. The highest BCUT2D eigenvalue weighted by atomic mass is 35.5. The molecule has 4 nitrogen and oxygen atoms in total. The van der Waals surface area contributed by atoms with Gasteiger partial charge in [-0.05, 0) is 19.1 Å². The van der Waals surface area contributed by atoms with Crippen molar-refractivity contribution in [1.82, 2.24) is 4.90 Å². The van der Waals surface area contributed by atoms with Crippen LogP contribution in [0, 0.1) is 6.92 Å². The fraction of sp³-hybridized carbons (Fsp3) is 0.533. The lowest BCUT2D eigenvalue weighted by molar-refractivity contribution is -0.141. The maximum atomic E-state index is 11.6. The van der Waals surface area contributed by atoms with Gasteiger partial charge in [0.15, 0.2) is 0 Å². The molecule has 0 aromatic heterocycles. The molecule has 0 N–H and O–H groups in total. The third-order valence-electron chi connectivity index (χ3n) is 3.15. The van der Waals surface area contributed by atoms with Crippen LogP contribution < -0.4 is 0 Å². The van der Waals surface area contributed by atoms with E-state index < -0.39 is 0 Å². The lowest BCUT2D eigenvalue weighted by Gasteiger charge is -2.26. The maximum absolute atomic E-state index is 11.6. The monoisotopic (exact) mass is 331 g/mol. The summed E-state index contributed by atoms with van der Waals surface area (Å²) in [6, 6.07) is 8.15. The Hall–Kier alpha value is -0.750. The predicted octanol–water partition coefficient (Wildman–Crippen LogP) is 2.38. The number of morpholine rings is 1. The Balaban J connectivity index is 0.00000220. The average molecular weight is 332 g/mol. The summed E-state index contributed by atoms with van der Waals surface area (Å²) in [6.45, 7) is 6.71. The van der Waals surface area contributed by atoms with Gasteiger partial charge in [0.05, 0.1) is 19.0 Å². The van der Waals surface area contributed by atoms with Crippen LogP contribution in [-0.2, 0) is 14.3 Å². The smallest absolute Gasteiger partial charge is 0.316 e. The van der Waals surface area contributed by atoms with Gasteiger partial charge in [0, 0.05) is 24.5 Å². The molecule has 118 valence electrons. The molecule has 2 rings (SSSR count). The molecule has 1 aromatic carbocycles. The summed E-state index contributed by atoms with van der Waals surface area (Å²) in [7, 11) is 0. The molecule has 1 saturated heterocycles. The van der Waals surface area contributed by atoms with Crippen LogP contribution in [0.5, 0.6) is 0 Å². The fourth-order valence-corrected chi connectivity index (χ4v) is 2.63. The molecule has 0 aliphatic carbocycles. The topological polar surface area (TPSA) is 38.8 Å². The van der Waals surface area contributed by atoms with Gasteiger partial charge in [0.2, 0.25) is 0 Å². The number of esters is 1. The first kappa shape index (κ1) is 18.3. The van der Waals surface area contributed by atoms with E-state index in [1.54, 1.807) is 0 Å². The normalized spacial score (nSPS) is 15.3. The zero-order chi connectivity index (χ0) is 14.2. The summed E-state index contributed by atoms with van der Waals surface area (Å²) < 4.78 is 10.5. The minimum atomic E-state index is -0.149. The molecule has 0 saturated carbocycles. The summed E-state index contributed by atoms with van der Waals surface area (Å²) in [6.07, 6.45) is 0. The second-order valence-electron chi connectivity index (χ2n) is 4.78. The van der Waals surface area contributed by atoms with E-state index in [-0.39, 0.29) is 18.4 Å². The summed E-state index contributed by atoms with van der Waals surface area (Å²) in [5.74, 6) is 0.218. The lowest BCUT2D eigenvalue weighted by Crippen LogP contribution is -2.38. The van der Waals surface area contributed by atoms with Gasteiger partial charge in [-0.3, -0.25) is 9.69 Å². The van der Waals surface area contributed by atoms with Gasteiger partial charge in [-0.2, -0.15) is 0 Å². The third-order valence-corrected chi connectivity index (χ3v) is 4.14. The van der Waals surface area contributed by atoms with Crippen LogP contribution in [0.25, 0.3) is 0 Å². The Labute approximate surface area is 136 Å². The molecule has 0 radical (unpaired) electrons. The quantitative estimate of drug-likeness (QED) is 0.591. The van der Waals surface area contributed by atoms with Gasteiger partial charge in [0.25, 0.3) is 0 Å². The molecule has 0 atom stereocenters. The van der Waals surface area contributed by atoms with Gasteiger partial charge in [-0.25, -0.2) is 0 Å². The summed E-state index contributed by atoms with van der Waals surface area (Å²) >= 11 is 1.52. The molecule has 0 spiro atoms. The van der Waals surface area contributed by atoms with Gasteiger partial charge in [0.1, 0.15) is 6.61 Å². The average Bonchev–Trinajstić information content (AvgIpc) is 2.48. The number of hydrogen-bond acceptors (Lipinski definition) is 5. The van der Waals surface area contributed by atoms with Crippen molar-refractivity contribution in [3.63, 3.8) is 0 Å². The molecule has 1 heterocycles. The standard InChI is InChI=1S/C15H21NO3S.ClH/c1-13-2-4-14(5-3-13)20-12-15(17)19-11-8-16-6-9-18-10-7-16;/h2-5H,6-12H2,1H3;1H. The number of aryl methyl sites for hydroxylation is 1. The summed E-state index contributed by atoms with van der Waals surface area (Å²) in [4.78, 5) is 15.0. The minimum Gasteiger partial charge on any atom is -0.464 e. The number of halogens is 1. The molecule has 6 heteroatoms. The Morgan fingerprint density at radius 1 is 1.29 bits per heavy atom. The van der Waals surface area contributed by atoms with Crippen LogP contribution in [0.3, 0.4) is 0 Å². The largest absolute Gasteiger partial charge is 0.464 e. The van der Waals surface area contributed by atoms with Gasteiger partial charge in [-0.1, -0.05) is 17.7 Å². The number of benzene rings is 1. The van der Waals surface area contributed by atoms with Crippen molar-refractivity contribution in [2.45, 2.75) is 11.8 Å². The van der Waals surface area contributed by atoms with Crippen molar-refractivity contribution in [3.05, 3.63) is 29.8 Å². The van der Waals surface area contributed by atoms with E-state index in [2.05, 4.69) is 4.90 Å². The SMILES string of the molecule is Cc1ccc(SCC(=O)OCCN2CCOCC2)cc1.Cl. The first-order chi connectivity index (χ1) is 9.74. The van der Waals surface area contributed by atoms with E-state index in [4.69, 9.17) is 9.47 Å². The third kappa shape index (κ3) is 7.18. The van der Waals surface area contributed by atoms with Crippen LogP contribution in [0.15, 0.2) is 29.2 Å². The predicted molar refractivity (Wildman–Crippen MR) is 87.4 cm³/mol. The van der Waals surface area contributed by atoms with E-state index >= 15 is 0 Å². The molecular weight excluding hydrogens is 310 g/mol. The van der Waals surface area contributed by atoms with Crippen LogP contribution in [0.2, 0.25) is 0 Å².